The number of hydrogen-bond acceptors (Lipinski definition) is 5. The summed E-state index contributed by atoms with van der Waals surface area (Å²) in [6.45, 7) is 6.28. The van der Waals surface area contributed by atoms with E-state index in [0.29, 0.717) is 18.6 Å². The Kier molecular flexibility index (Phi) is 10.4. The van der Waals surface area contributed by atoms with Gasteiger partial charge in [-0.25, -0.2) is 9.78 Å². The van der Waals surface area contributed by atoms with Crippen molar-refractivity contribution in [1.29, 1.82) is 0 Å². The molecule has 1 aliphatic carbocycles. The Hall–Kier alpha value is -2.69. The van der Waals surface area contributed by atoms with Gasteiger partial charge in [0.15, 0.2) is 12.0 Å². The summed E-state index contributed by atoms with van der Waals surface area (Å²) in [5.74, 6) is -0.176. The summed E-state index contributed by atoms with van der Waals surface area (Å²) in [6, 6.07) is 12.5. The van der Waals surface area contributed by atoms with Crippen LogP contribution >= 0.6 is 0 Å². The minimum absolute atomic E-state index is 0.0597. The first-order valence-corrected chi connectivity index (χ1v) is 9.04. The first kappa shape index (κ1) is 21.4. The molecule has 1 saturated carbocycles. The van der Waals surface area contributed by atoms with Crippen LogP contribution in [0.5, 0.6) is 5.75 Å². The maximum Gasteiger partial charge on any atom is 0.357 e. The fourth-order valence-electron chi connectivity index (χ4n) is 1.72. The Labute approximate surface area is 155 Å². The second kappa shape index (κ2) is 12.6. The third-order valence-corrected chi connectivity index (χ3v) is 3.03. The van der Waals surface area contributed by atoms with Crippen molar-refractivity contribution >= 4 is 12.3 Å². The molecule has 1 heterocycles. The Morgan fingerprint density at radius 2 is 1.77 bits per heavy atom. The number of aldehydes is 1. The van der Waals surface area contributed by atoms with Gasteiger partial charge in [0.1, 0.15) is 18.1 Å². The topological polar surface area (TPSA) is 65.5 Å². The number of pyridine rings is 1. The van der Waals surface area contributed by atoms with E-state index in [2.05, 4.69) is 4.98 Å². The monoisotopic (exact) mass is 357 g/mol. The quantitative estimate of drug-likeness (QED) is 0.546. The zero-order valence-corrected chi connectivity index (χ0v) is 15.7. The highest BCUT2D eigenvalue weighted by Gasteiger charge is 2.12. The van der Waals surface area contributed by atoms with Gasteiger partial charge in [0.25, 0.3) is 0 Å². The summed E-state index contributed by atoms with van der Waals surface area (Å²) >= 11 is 0. The van der Waals surface area contributed by atoms with Gasteiger partial charge in [0.2, 0.25) is 0 Å². The highest BCUT2D eigenvalue weighted by Crippen LogP contribution is 2.16. The minimum Gasteiger partial charge on any atom is -0.489 e. The lowest BCUT2D eigenvalue weighted by Gasteiger charge is -2.08. The Bertz CT molecular complexity index is 666. The number of esters is 1. The molecular weight excluding hydrogens is 330 g/mol. The largest absolute Gasteiger partial charge is 0.489 e. The van der Waals surface area contributed by atoms with Crippen LogP contribution in [0.15, 0.2) is 42.5 Å². The van der Waals surface area contributed by atoms with E-state index in [1.807, 2.05) is 44.2 Å². The summed E-state index contributed by atoms with van der Waals surface area (Å²) in [5, 5.41) is 0. The van der Waals surface area contributed by atoms with Crippen molar-refractivity contribution in [3.63, 3.8) is 0 Å². The molecule has 3 rings (SSSR count). The van der Waals surface area contributed by atoms with E-state index in [1.54, 1.807) is 6.92 Å². The molecule has 0 saturated heterocycles. The molecule has 5 nitrogen and oxygen atoms in total. The van der Waals surface area contributed by atoms with E-state index in [4.69, 9.17) is 9.47 Å². The predicted octanol–water partition coefficient (Wildman–Crippen LogP) is 4.85. The lowest BCUT2D eigenvalue weighted by molar-refractivity contribution is 0.0518. The van der Waals surface area contributed by atoms with Crippen LogP contribution in [-0.2, 0) is 11.3 Å². The van der Waals surface area contributed by atoms with Crippen molar-refractivity contribution in [1.82, 2.24) is 4.98 Å². The summed E-state index contributed by atoms with van der Waals surface area (Å²) in [5.41, 5.74) is 1.17. The molecule has 0 bridgehead atoms. The highest BCUT2D eigenvalue weighted by atomic mass is 16.5. The Morgan fingerprint density at radius 3 is 2.31 bits per heavy atom. The normalized spacial score (nSPS) is 11.0. The zero-order valence-electron chi connectivity index (χ0n) is 15.7. The van der Waals surface area contributed by atoms with Gasteiger partial charge in [-0.2, -0.15) is 0 Å². The Morgan fingerprint density at radius 1 is 1.12 bits per heavy atom. The fourth-order valence-corrected chi connectivity index (χ4v) is 1.72. The van der Waals surface area contributed by atoms with Gasteiger partial charge in [-0.05, 0) is 12.5 Å². The van der Waals surface area contributed by atoms with Crippen LogP contribution < -0.4 is 4.74 Å². The first-order valence-electron chi connectivity index (χ1n) is 9.04. The van der Waals surface area contributed by atoms with Crippen molar-refractivity contribution in [3.05, 3.63) is 59.4 Å². The van der Waals surface area contributed by atoms with Gasteiger partial charge < -0.3 is 9.47 Å². The third-order valence-electron chi connectivity index (χ3n) is 3.03. The summed E-state index contributed by atoms with van der Waals surface area (Å²) in [4.78, 5) is 26.5. The van der Waals surface area contributed by atoms with E-state index in [1.165, 1.54) is 31.4 Å². The molecule has 5 heteroatoms. The zero-order chi connectivity index (χ0) is 19.2. The van der Waals surface area contributed by atoms with Crippen LogP contribution in [0.2, 0.25) is 0 Å². The number of benzene rings is 1. The van der Waals surface area contributed by atoms with E-state index in [0.717, 1.165) is 5.56 Å². The number of carbonyl (C=O) groups excluding carboxylic acids is 2. The van der Waals surface area contributed by atoms with Crippen LogP contribution in [-0.4, -0.2) is 23.8 Å². The molecule has 1 fully saturated rings. The second-order valence-electron chi connectivity index (χ2n) is 5.29. The number of nitrogens with zero attached hydrogens (tertiary/aromatic N) is 1. The van der Waals surface area contributed by atoms with Crippen LogP contribution in [0.3, 0.4) is 0 Å². The molecule has 1 aromatic carbocycles. The van der Waals surface area contributed by atoms with E-state index in [-0.39, 0.29) is 18.0 Å². The number of rotatable bonds is 6. The van der Waals surface area contributed by atoms with Crippen LogP contribution in [0.4, 0.5) is 0 Å². The van der Waals surface area contributed by atoms with Crippen molar-refractivity contribution in [2.45, 2.75) is 46.6 Å². The maximum absolute atomic E-state index is 11.7. The Balaban J connectivity index is 0.000000594. The third kappa shape index (κ3) is 8.42. The predicted molar refractivity (Wildman–Crippen MR) is 102 cm³/mol. The standard InChI is InChI=1S/C16H15NO4.C3H6.C2H6/c1-2-20-16(19)15-9-14(8-13(10-18)17-15)21-11-12-6-4-3-5-7-12;1-2-3-1;1-2/h3-10H,2,11H2,1H3;1-3H2;1-2H3. The molecule has 0 unspecified atom stereocenters. The molecule has 1 aliphatic rings. The smallest absolute Gasteiger partial charge is 0.357 e. The minimum atomic E-state index is -0.578. The molecule has 0 spiro atoms. The number of carbonyl (C=O) groups is 2. The lowest BCUT2D eigenvalue weighted by atomic mass is 10.2. The number of aromatic nitrogens is 1. The average Bonchev–Trinajstić information content (AvgIpc) is 3.58. The SMILES string of the molecule is C1CC1.CC.CCOC(=O)c1cc(OCc2ccccc2)cc(C=O)n1. The van der Waals surface area contributed by atoms with Gasteiger partial charge in [0, 0.05) is 12.1 Å². The van der Waals surface area contributed by atoms with Gasteiger partial charge in [-0.15, -0.1) is 0 Å². The van der Waals surface area contributed by atoms with Crippen LogP contribution in [0.25, 0.3) is 0 Å². The summed E-state index contributed by atoms with van der Waals surface area (Å²) < 4.78 is 10.5. The van der Waals surface area contributed by atoms with Crippen molar-refractivity contribution in [2.75, 3.05) is 6.61 Å². The maximum atomic E-state index is 11.7. The average molecular weight is 357 g/mol. The van der Waals surface area contributed by atoms with Gasteiger partial charge in [-0.3, -0.25) is 4.79 Å². The lowest BCUT2D eigenvalue weighted by Crippen LogP contribution is -2.09. The van der Waals surface area contributed by atoms with Gasteiger partial charge in [0.05, 0.1) is 6.61 Å². The van der Waals surface area contributed by atoms with E-state index in [9.17, 15) is 9.59 Å². The molecule has 140 valence electrons. The molecule has 2 aromatic rings. The molecule has 0 amide bonds. The van der Waals surface area contributed by atoms with E-state index >= 15 is 0 Å². The molecule has 1 aromatic heterocycles. The summed E-state index contributed by atoms with van der Waals surface area (Å²) in [7, 11) is 0. The van der Waals surface area contributed by atoms with Gasteiger partial charge >= 0.3 is 5.97 Å². The molecule has 0 N–H and O–H groups in total. The van der Waals surface area contributed by atoms with Crippen LogP contribution in [0.1, 0.15) is 66.6 Å². The van der Waals surface area contributed by atoms with E-state index < -0.39 is 5.97 Å². The molecule has 26 heavy (non-hydrogen) atoms. The number of ether oxygens (including phenoxy) is 2. The van der Waals surface area contributed by atoms with Crippen molar-refractivity contribution in [2.24, 2.45) is 0 Å². The number of hydrogen-bond donors (Lipinski definition) is 0. The molecule has 0 radical (unpaired) electrons. The summed E-state index contributed by atoms with van der Waals surface area (Å²) in [6.07, 6.45) is 5.07. The van der Waals surface area contributed by atoms with Crippen molar-refractivity contribution in [3.8, 4) is 5.75 Å². The fraction of sp³-hybridized carbons (Fsp3) is 0.381. The van der Waals surface area contributed by atoms with Gasteiger partial charge in [-0.1, -0.05) is 63.4 Å². The van der Waals surface area contributed by atoms with Crippen LogP contribution in [0, 0.1) is 0 Å². The van der Waals surface area contributed by atoms with Crippen molar-refractivity contribution < 1.29 is 19.1 Å². The second-order valence-corrected chi connectivity index (χ2v) is 5.29. The molecule has 0 atom stereocenters. The highest BCUT2D eigenvalue weighted by molar-refractivity contribution is 5.89. The molecular formula is C21H27NO4. The molecule has 0 aliphatic heterocycles. The first-order chi connectivity index (χ1) is 12.7.